The lowest BCUT2D eigenvalue weighted by molar-refractivity contribution is 0.617. The summed E-state index contributed by atoms with van der Waals surface area (Å²) < 4.78 is 1.88. The molecule has 2 rings (SSSR count). The molecular formula is C10H17N5S. The zero-order valence-corrected chi connectivity index (χ0v) is 10.3. The highest BCUT2D eigenvalue weighted by Gasteiger charge is 2.15. The Morgan fingerprint density at radius 1 is 1.56 bits per heavy atom. The Kier molecular flexibility index (Phi) is 3.71. The van der Waals surface area contributed by atoms with Crippen molar-refractivity contribution >= 4 is 17.3 Å². The maximum atomic E-state index is 5.23. The van der Waals surface area contributed by atoms with Gasteiger partial charge in [0.2, 0.25) is 0 Å². The van der Waals surface area contributed by atoms with Crippen molar-refractivity contribution in [1.29, 1.82) is 0 Å². The molecule has 0 unspecified atom stereocenters. The van der Waals surface area contributed by atoms with E-state index in [4.69, 9.17) is 12.2 Å². The minimum absolute atomic E-state index is 0.555. The third-order valence-electron chi connectivity index (χ3n) is 2.90. The molecule has 0 atom stereocenters. The van der Waals surface area contributed by atoms with E-state index in [1.54, 1.807) is 6.33 Å². The Bertz CT molecular complexity index is 356. The van der Waals surface area contributed by atoms with Crippen LogP contribution in [0.4, 0.5) is 0 Å². The van der Waals surface area contributed by atoms with Crippen LogP contribution < -0.4 is 10.6 Å². The fourth-order valence-corrected chi connectivity index (χ4v) is 2.17. The molecule has 16 heavy (non-hydrogen) atoms. The van der Waals surface area contributed by atoms with Gasteiger partial charge in [-0.2, -0.15) is 0 Å². The number of nitrogens with zero attached hydrogens (tertiary/aromatic N) is 3. The number of rotatable bonds is 3. The molecule has 5 nitrogen and oxygen atoms in total. The standard InChI is InChI=1S/C10H17N5S/c1-15-7-12-14-9(15)6-11-10(16)13-8-4-2-3-5-8/h7-8H,2-6H2,1H3,(H2,11,13,16). The summed E-state index contributed by atoms with van der Waals surface area (Å²) in [4.78, 5) is 0. The summed E-state index contributed by atoms with van der Waals surface area (Å²) in [5.41, 5.74) is 0. The molecule has 88 valence electrons. The van der Waals surface area contributed by atoms with E-state index in [1.165, 1.54) is 25.7 Å². The second-order valence-corrected chi connectivity index (χ2v) is 4.57. The highest BCUT2D eigenvalue weighted by Crippen LogP contribution is 2.17. The molecule has 1 aromatic heterocycles. The molecule has 1 saturated carbocycles. The lowest BCUT2D eigenvalue weighted by Gasteiger charge is -2.15. The van der Waals surface area contributed by atoms with E-state index in [-0.39, 0.29) is 0 Å². The smallest absolute Gasteiger partial charge is 0.166 e. The molecule has 1 fully saturated rings. The Morgan fingerprint density at radius 3 is 2.94 bits per heavy atom. The SMILES string of the molecule is Cn1cnnc1CNC(=S)NC1CCCC1. The first kappa shape index (κ1) is 11.3. The topological polar surface area (TPSA) is 54.8 Å². The van der Waals surface area contributed by atoms with Crippen molar-refractivity contribution in [3.63, 3.8) is 0 Å². The maximum Gasteiger partial charge on any atom is 0.166 e. The molecule has 0 amide bonds. The monoisotopic (exact) mass is 239 g/mol. The maximum absolute atomic E-state index is 5.23. The van der Waals surface area contributed by atoms with Crippen molar-refractivity contribution in [3.8, 4) is 0 Å². The lowest BCUT2D eigenvalue weighted by Crippen LogP contribution is -2.40. The van der Waals surface area contributed by atoms with Crippen LogP contribution in [0.1, 0.15) is 31.5 Å². The Hall–Kier alpha value is -1.17. The fraction of sp³-hybridized carbons (Fsp3) is 0.700. The van der Waals surface area contributed by atoms with Gasteiger partial charge in [0.1, 0.15) is 6.33 Å². The summed E-state index contributed by atoms with van der Waals surface area (Å²) >= 11 is 5.23. The van der Waals surface area contributed by atoms with Crippen molar-refractivity contribution in [1.82, 2.24) is 25.4 Å². The largest absolute Gasteiger partial charge is 0.360 e. The summed E-state index contributed by atoms with van der Waals surface area (Å²) in [6.45, 7) is 0.620. The van der Waals surface area contributed by atoms with Gasteiger partial charge in [0, 0.05) is 13.1 Å². The Labute approximate surface area is 101 Å². The summed E-state index contributed by atoms with van der Waals surface area (Å²) in [5.74, 6) is 0.885. The summed E-state index contributed by atoms with van der Waals surface area (Å²) in [6, 6.07) is 0.555. The van der Waals surface area contributed by atoms with Gasteiger partial charge in [-0.05, 0) is 25.1 Å². The third-order valence-corrected chi connectivity index (χ3v) is 3.16. The average molecular weight is 239 g/mol. The van der Waals surface area contributed by atoms with Crippen LogP contribution in [-0.4, -0.2) is 25.9 Å². The molecule has 2 N–H and O–H groups in total. The minimum atomic E-state index is 0.555. The van der Waals surface area contributed by atoms with E-state index in [0.29, 0.717) is 12.6 Å². The lowest BCUT2D eigenvalue weighted by atomic mass is 10.3. The normalized spacial score (nSPS) is 16.3. The van der Waals surface area contributed by atoms with Gasteiger partial charge in [0.05, 0.1) is 6.54 Å². The summed E-state index contributed by atoms with van der Waals surface area (Å²) in [5, 5.41) is 15.0. The van der Waals surface area contributed by atoms with Crippen LogP contribution in [0.25, 0.3) is 0 Å². The van der Waals surface area contributed by atoms with Crippen LogP contribution in [0.15, 0.2) is 6.33 Å². The summed E-state index contributed by atoms with van der Waals surface area (Å²) in [6.07, 6.45) is 6.76. The van der Waals surface area contributed by atoms with E-state index < -0.39 is 0 Å². The van der Waals surface area contributed by atoms with Gasteiger partial charge in [-0.3, -0.25) is 0 Å². The van der Waals surface area contributed by atoms with Gasteiger partial charge in [-0.1, -0.05) is 12.8 Å². The summed E-state index contributed by atoms with van der Waals surface area (Å²) in [7, 11) is 1.92. The van der Waals surface area contributed by atoms with Crippen LogP contribution in [0.3, 0.4) is 0 Å². The highest BCUT2D eigenvalue weighted by atomic mass is 32.1. The van der Waals surface area contributed by atoms with Crippen LogP contribution in [0, 0.1) is 0 Å². The first-order valence-corrected chi connectivity index (χ1v) is 6.04. The van der Waals surface area contributed by atoms with E-state index in [1.807, 2.05) is 11.6 Å². The van der Waals surface area contributed by atoms with Gasteiger partial charge >= 0.3 is 0 Å². The molecule has 0 saturated heterocycles. The molecular weight excluding hydrogens is 222 g/mol. The van der Waals surface area contributed by atoms with Crippen LogP contribution in [0.2, 0.25) is 0 Å². The fourth-order valence-electron chi connectivity index (χ4n) is 1.93. The van der Waals surface area contributed by atoms with Crippen molar-refractivity contribution in [2.24, 2.45) is 7.05 Å². The van der Waals surface area contributed by atoms with E-state index in [9.17, 15) is 0 Å². The van der Waals surface area contributed by atoms with Crippen LogP contribution in [-0.2, 0) is 13.6 Å². The van der Waals surface area contributed by atoms with Crippen LogP contribution in [0.5, 0.6) is 0 Å². The zero-order valence-electron chi connectivity index (χ0n) is 9.44. The van der Waals surface area contributed by atoms with Crippen LogP contribution >= 0.6 is 12.2 Å². The number of aromatic nitrogens is 3. The van der Waals surface area contributed by atoms with E-state index >= 15 is 0 Å². The second kappa shape index (κ2) is 5.25. The van der Waals surface area contributed by atoms with Crippen molar-refractivity contribution in [3.05, 3.63) is 12.2 Å². The number of thiocarbonyl (C=S) groups is 1. The van der Waals surface area contributed by atoms with Crippen molar-refractivity contribution < 1.29 is 0 Å². The zero-order chi connectivity index (χ0) is 11.4. The number of nitrogens with one attached hydrogen (secondary N) is 2. The second-order valence-electron chi connectivity index (χ2n) is 4.17. The molecule has 0 spiro atoms. The molecule has 1 heterocycles. The highest BCUT2D eigenvalue weighted by molar-refractivity contribution is 7.80. The van der Waals surface area contributed by atoms with Gasteiger partial charge in [0.25, 0.3) is 0 Å². The molecule has 0 aliphatic heterocycles. The van der Waals surface area contributed by atoms with Gasteiger partial charge < -0.3 is 15.2 Å². The predicted molar refractivity (Wildman–Crippen MR) is 65.8 cm³/mol. The van der Waals surface area contributed by atoms with Crippen molar-refractivity contribution in [2.75, 3.05) is 0 Å². The molecule has 1 aliphatic rings. The predicted octanol–water partition coefficient (Wildman–Crippen LogP) is 0.722. The third kappa shape index (κ3) is 2.91. The molecule has 0 aromatic carbocycles. The number of aryl methyl sites for hydroxylation is 1. The molecule has 1 aromatic rings. The molecule has 0 radical (unpaired) electrons. The first-order valence-electron chi connectivity index (χ1n) is 5.63. The molecule has 6 heteroatoms. The first-order chi connectivity index (χ1) is 7.75. The number of hydrogen-bond acceptors (Lipinski definition) is 3. The minimum Gasteiger partial charge on any atom is -0.360 e. The van der Waals surface area contributed by atoms with E-state index in [0.717, 1.165) is 10.9 Å². The quantitative estimate of drug-likeness (QED) is 0.761. The van der Waals surface area contributed by atoms with Crippen molar-refractivity contribution in [2.45, 2.75) is 38.3 Å². The Morgan fingerprint density at radius 2 is 2.31 bits per heavy atom. The van der Waals surface area contributed by atoms with Gasteiger partial charge in [-0.25, -0.2) is 0 Å². The van der Waals surface area contributed by atoms with Gasteiger partial charge in [0.15, 0.2) is 10.9 Å². The average Bonchev–Trinajstić information content (AvgIpc) is 2.87. The molecule has 1 aliphatic carbocycles. The van der Waals surface area contributed by atoms with Gasteiger partial charge in [-0.15, -0.1) is 10.2 Å². The Balaban J connectivity index is 1.73. The van der Waals surface area contributed by atoms with E-state index in [2.05, 4.69) is 20.8 Å². The molecule has 0 bridgehead atoms. The number of hydrogen-bond donors (Lipinski definition) is 2.